The molecule has 1 aromatic rings. The van der Waals surface area contributed by atoms with Crippen LogP contribution in [-0.2, 0) is 11.3 Å². The summed E-state index contributed by atoms with van der Waals surface area (Å²) in [5.74, 6) is 0. The molecule has 4 heteroatoms. The summed E-state index contributed by atoms with van der Waals surface area (Å²) in [5, 5.41) is 0. The number of aryl methyl sites for hydroxylation is 1. The molecular weight excluding hydrogens is 207 g/mol. The van der Waals surface area contributed by atoms with E-state index in [1.807, 2.05) is 12.3 Å². The van der Waals surface area contributed by atoms with Crippen molar-refractivity contribution in [3.63, 3.8) is 0 Å². The highest BCUT2D eigenvalue weighted by Crippen LogP contribution is 2.12. The first kappa shape index (κ1) is 11.5. The van der Waals surface area contributed by atoms with Crippen molar-refractivity contribution in [2.45, 2.75) is 19.6 Å². The topological polar surface area (TPSA) is 25.4 Å². The second-order valence-corrected chi connectivity index (χ2v) is 4.18. The third kappa shape index (κ3) is 2.77. The van der Waals surface area contributed by atoms with Crippen LogP contribution in [-0.4, -0.2) is 42.4 Å². The van der Waals surface area contributed by atoms with Gasteiger partial charge in [-0.2, -0.15) is 0 Å². The monoisotopic (exact) mass is 224 g/mol. The van der Waals surface area contributed by atoms with Gasteiger partial charge in [-0.15, -0.1) is 0 Å². The highest BCUT2D eigenvalue weighted by Gasteiger charge is 2.20. The molecule has 2 heterocycles. The number of morpholine rings is 1. The molecule has 0 radical (unpaired) electrons. The van der Waals surface area contributed by atoms with Crippen LogP contribution in [0.15, 0.2) is 18.5 Å². The zero-order chi connectivity index (χ0) is 11.4. The first-order chi connectivity index (χ1) is 7.79. The second kappa shape index (κ2) is 5.37. The molecule has 1 aliphatic rings. The normalized spacial score (nSPS) is 22.2. The van der Waals surface area contributed by atoms with E-state index in [9.17, 15) is 4.39 Å². The number of alkyl halides is 1. The number of pyridine rings is 1. The number of hydrogen-bond acceptors (Lipinski definition) is 3. The number of nitrogens with zero attached hydrogens (tertiary/aromatic N) is 2. The summed E-state index contributed by atoms with van der Waals surface area (Å²) in [7, 11) is 0. The van der Waals surface area contributed by atoms with Gasteiger partial charge in [-0.05, 0) is 24.1 Å². The van der Waals surface area contributed by atoms with E-state index < -0.39 is 6.67 Å². The van der Waals surface area contributed by atoms with Gasteiger partial charge in [0.25, 0.3) is 0 Å². The molecule has 0 spiro atoms. The van der Waals surface area contributed by atoms with Crippen molar-refractivity contribution in [1.29, 1.82) is 0 Å². The average Bonchev–Trinajstić information content (AvgIpc) is 2.32. The maximum Gasteiger partial charge on any atom is 0.117 e. The standard InChI is InChI=1S/C12H17FN2O/c1-10-7-14-3-2-11(10)8-15-4-5-16-12(6-13)9-15/h2-3,7,12H,4-6,8-9H2,1H3. The quantitative estimate of drug-likeness (QED) is 0.779. The van der Waals surface area contributed by atoms with Crippen molar-refractivity contribution in [2.24, 2.45) is 0 Å². The van der Waals surface area contributed by atoms with E-state index in [0.29, 0.717) is 13.2 Å². The largest absolute Gasteiger partial charge is 0.373 e. The van der Waals surface area contributed by atoms with Gasteiger partial charge in [0.1, 0.15) is 6.67 Å². The van der Waals surface area contributed by atoms with Gasteiger partial charge < -0.3 is 4.74 Å². The smallest absolute Gasteiger partial charge is 0.117 e. The maximum absolute atomic E-state index is 12.5. The van der Waals surface area contributed by atoms with E-state index in [1.165, 1.54) is 11.1 Å². The lowest BCUT2D eigenvalue weighted by Gasteiger charge is -2.31. The van der Waals surface area contributed by atoms with Gasteiger partial charge in [-0.1, -0.05) is 0 Å². The van der Waals surface area contributed by atoms with E-state index in [1.54, 1.807) is 6.20 Å². The van der Waals surface area contributed by atoms with Crippen molar-refractivity contribution in [3.05, 3.63) is 29.6 Å². The highest BCUT2D eigenvalue weighted by atomic mass is 19.1. The summed E-state index contributed by atoms with van der Waals surface area (Å²) < 4.78 is 17.8. The van der Waals surface area contributed by atoms with Crippen molar-refractivity contribution in [2.75, 3.05) is 26.4 Å². The second-order valence-electron chi connectivity index (χ2n) is 4.18. The fraction of sp³-hybridized carbons (Fsp3) is 0.583. The van der Waals surface area contributed by atoms with E-state index in [0.717, 1.165) is 13.1 Å². The van der Waals surface area contributed by atoms with Crippen molar-refractivity contribution >= 4 is 0 Å². The molecule has 1 atom stereocenters. The Morgan fingerprint density at radius 3 is 3.25 bits per heavy atom. The lowest BCUT2D eigenvalue weighted by molar-refractivity contribution is -0.0413. The Morgan fingerprint density at radius 1 is 1.62 bits per heavy atom. The zero-order valence-corrected chi connectivity index (χ0v) is 9.53. The van der Waals surface area contributed by atoms with Gasteiger partial charge in [0.05, 0.1) is 12.7 Å². The Morgan fingerprint density at radius 2 is 2.50 bits per heavy atom. The Hall–Kier alpha value is -1.00. The predicted octanol–water partition coefficient (Wildman–Crippen LogP) is 1.56. The Labute approximate surface area is 95.2 Å². The van der Waals surface area contributed by atoms with Crippen LogP contribution in [0.5, 0.6) is 0 Å². The molecule has 1 fully saturated rings. The molecule has 1 saturated heterocycles. The molecule has 1 aliphatic heterocycles. The van der Waals surface area contributed by atoms with Crippen LogP contribution in [0, 0.1) is 6.92 Å². The highest BCUT2D eigenvalue weighted by molar-refractivity contribution is 5.21. The molecule has 2 rings (SSSR count). The Kier molecular flexibility index (Phi) is 3.85. The van der Waals surface area contributed by atoms with Gasteiger partial charge in [0.2, 0.25) is 0 Å². The third-order valence-corrected chi connectivity index (χ3v) is 2.93. The molecule has 3 nitrogen and oxygen atoms in total. The lowest BCUT2D eigenvalue weighted by Crippen LogP contribution is -2.42. The van der Waals surface area contributed by atoms with E-state index in [4.69, 9.17) is 4.74 Å². The summed E-state index contributed by atoms with van der Waals surface area (Å²) in [5.41, 5.74) is 2.44. The summed E-state index contributed by atoms with van der Waals surface area (Å²) >= 11 is 0. The van der Waals surface area contributed by atoms with Crippen LogP contribution < -0.4 is 0 Å². The molecule has 0 aromatic carbocycles. The van der Waals surface area contributed by atoms with E-state index >= 15 is 0 Å². The summed E-state index contributed by atoms with van der Waals surface area (Å²) in [4.78, 5) is 6.30. The zero-order valence-electron chi connectivity index (χ0n) is 9.53. The van der Waals surface area contributed by atoms with Crippen LogP contribution >= 0.6 is 0 Å². The molecule has 16 heavy (non-hydrogen) atoms. The summed E-state index contributed by atoms with van der Waals surface area (Å²) in [6.45, 7) is 4.69. The third-order valence-electron chi connectivity index (χ3n) is 2.93. The molecule has 0 aliphatic carbocycles. The summed E-state index contributed by atoms with van der Waals surface area (Å²) in [6.07, 6.45) is 3.41. The van der Waals surface area contributed by atoms with Gasteiger partial charge in [0, 0.05) is 32.0 Å². The molecular formula is C12H17FN2O. The Balaban J connectivity index is 1.97. The van der Waals surface area contributed by atoms with E-state index in [2.05, 4.69) is 16.8 Å². The van der Waals surface area contributed by atoms with Crippen LogP contribution in [0.4, 0.5) is 4.39 Å². The van der Waals surface area contributed by atoms with Gasteiger partial charge >= 0.3 is 0 Å². The van der Waals surface area contributed by atoms with Crippen LogP contribution in [0.2, 0.25) is 0 Å². The maximum atomic E-state index is 12.5. The molecule has 1 aromatic heterocycles. The SMILES string of the molecule is Cc1cnccc1CN1CCOC(CF)C1. The first-order valence-electron chi connectivity index (χ1n) is 5.59. The number of rotatable bonds is 3. The van der Waals surface area contributed by atoms with E-state index in [-0.39, 0.29) is 6.10 Å². The Bertz CT molecular complexity index is 346. The molecule has 0 saturated carbocycles. The van der Waals surface area contributed by atoms with Gasteiger partial charge in [-0.25, -0.2) is 4.39 Å². The summed E-state index contributed by atoms with van der Waals surface area (Å²) in [6, 6.07) is 2.02. The number of aromatic nitrogens is 1. The first-order valence-corrected chi connectivity index (χ1v) is 5.59. The molecule has 88 valence electrons. The van der Waals surface area contributed by atoms with Gasteiger partial charge in [0.15, 0.2) is 0 Å². The minimum absolute atomic E-state index is 0.254. The number of halogens is 1. The molecule has 0 N–H and O–H groups in total. The van der Waals surface area contributed by atoms with Gasteiger partial charge in [-0.3, -0.25) is 9.88 Å². The van der Waals surface area contributed by atoms with Crippen molar-refractivity contribution in [1.82, 2.24) is 9.88 Å². The minimum atomic E-state index is -0.397. The predicted molar refractivity (Wildman–Crippen MR) is 60.0 cm³/mol. The fourth-order valence-electron chi connectivity index (χ4n) is 1.94. The molecule has 0 bridgehead atoms. The molecule has 1 unspecified atom stereocenters. The van der Waals surface area contributed by atoms with Crippen molar-refractivity contribution < 1.29 is 9.13 Å². The van der Waals surface area contributed by atoms with Crippen LogP contribution in [0.3, 0.4) is 0 Å². The number of hydrogen-bond donors (Lipinski definition) is 0. The van der Waals surface area contributed by atoms with Crippen LogP contribution in [0.1, 0.15) is 11.1 Å². The average molecular weight is 224 g/mol. The van der Waals surface area contributed by atoms with Crippen LogP contribution in [0.25, 0.3) is 0 Å². The van der Waals surface area contributed by atoms with Crippen molar-refractivity contribution in [3.8, 4) is 0 Å². The fourth-order valence-corrected chi connectivity index (χ4v) is 1.94. The minimum Gasteiger partial charge on any atom is -0.373 e. The molecule has 0 amide bonds. The lowest BCUT2D eigenvalue weighted by atomic mass is 10.1. The number of ether oxygens (including phenoxy) is 1.